The second-order valence-corrected chi connectivity index (χ2v) is 8.30. The van der Waals surface area contributed by atoms with Crippen LogP contribution in [0, 0.1) is 0 Å². The Morgan fingerprint density at radius 1 is 1.05 bits per heavy atom. The molecule has 0 N–H and O–H groups in total. The van der Waals surface area contributed by atoms with Crippen molar-refractivity contribution in [2.24, 2.45) is 0 Å². The van der Waals surface area contributed by atoms with Crippen LogP contribution in [0.25, 0.3) is 0 Å². The van der Waals surface area contributed by atoms with E-state index in [0.717, 1.165) is 0 Å². The number of fused-ring (bicyclic) bond motifs is 1. The summed E-state index contributed by atoms with van der Waals surface area (Å²) in [5.74, 6) is 0.278. The number of benzene rings is 2. The van der Waals surface area contributed by atoms with E-state index in [2.05, 4.69) is 0 Å². The van der Waals surface area contributed by atoms with Crippen LogP contribution >= 0.6 is 11.6 Å². The molecule has 1 aliphatic heterocycles. The molecule has 2 aromatic carbocycles. The second kappa shape index (κ2) is 5.44. The van der Waals surface area contributed by atoms with E-state index in [1.165, 1.54) is 10.4 Å². The van der Waals surface area contributed by atoms with Crippen molar-refractivity contribution in [1.82, 2.24) is 0 Å². The lowest BCUT2D eigenvalue weighted by Crippen LogP contribution is -2.38. The first-order chi connectivity index (χ1) is 10.0. The van der Waals surface area contributed by atoms with Crippen molar-refractivity contribution >= 4 is 38.1 Å². The maximum atomic E-state index is 12.8. The zero-order valence-electron chi connectivity index (χ0n) is 10.9. The quantitative estimate of drug-likeness (QED) is 0.843. The van der Waals surface area contributed by atoms with E-state index in [1.807, 2.05) is 0 Å². The molecule has 0 aliphatic carbocycles. The lowest BCUT2D eigenvalue weighted by molar-refractivity contribution is 0.591. The summed E-state index contributed by atoms with van der Waals surface area (Å²) in [5.41, 5.74) is 0.460. The van der Waals surface area contributed by atoms with Crippen molar-refractivity contribution < 1.29 is 12.6 Å². The minimum absolute atomic E-state index is 0.0640. The van der Waals surface area contributed by atoms with Crippen LogP contribution in [0.1, 0.15) is 0 Å². The number of hydrogen-bond acceptors (Lipinski definition) is 3. The standard InChI is InChI=1S/C14H12ClNO3S2/c15-11-5-1-4-8-14(11)21(18,19)16-9-10-20(17)13-7-3-2-6-12(13)16/h1-8H,9-10H2. The molecule has 1 heterocycles. The normalized spacial score (nSPS) is 18.3. The average Bonchev–Trinajstić information content (AvgIpc) is 2.48. The molecule has 0 spiro atoms. The Hall–Kier alpha value is -1.37. The van der Waals surface area contributed by atoms with Gasteiger partial charge in [-0.15, -0.1) is 0 Å². The predicted molar refractivity (Wildman–Crippen MR) is 83.7 cm³/mol. The largest absolute Gasteiger partial charge is 0.265 e. The number of sulfonamides is 1. The minimum atomic E-state index is -3.76. The van der Waals surface area contributed by atoms with Gasteiger partial charge in [-0.1, -0.05) is 35.9 Å². The lowest BCUT2D eigenvalue weighted by Gasteiger charge is -2.30. The van der Waals surface area contributed by atoms with E-state index in [1.54, 1.807) is 42.5 Å². The first-order valence-electron chi connectivity index (χ1n) is 6.26. The molecule has 2 aromatic rings. The van der Waals surface area contributed by atoms with Crippen molar-refractivity contribution in [3.8, 4) is 0 Å². The van der Waals surface area contributed by atoms with Gasteiger partial charge in [0.15, 0.2) is 0 Å². The monoisotopic (exact) mass is 341 g/mol. The van der Waals surface area contributed by atoms with Gasteiger partial charge in [0.25, 0.3) is 10.0 Å². The summed E-state index contributed by atoms with van der Waals surface area (Å²) >= 11 is 6.02. The molecular weight excluding hydrogens is 330 g/mol. The average molecular weight is 342 g/mol. The van der Waals surface area contributed by atoms with Crippen molar-refractivity contribution in [3.63, 3.8) is 0 Å². The van der Waals surface area contributed by atoms with Crippen molar-refractivity contribution in [1.29, 1.82) is 0 Å². The van der Waals surface area contributed by atoms with Gasteiger partial charge in [-0.2, -0.15) is 0 Å². The molecule has 110 valence electrons. The molecule has 7 heteroatoms. The summed E-state index contributed by atoms with van der Waals surface area (Å²) in [7, 11) is -4.93. The maximum absolute atomic E-state index is 12.8. The van der Waals surface area contributed by atoms with E-state index < -0.39 is 20.8 Å². The molecule has 4 nitrogen and oxygen atoms in total. The fourth-order valence-corrected chi connectivity index (χ4v) is 5.64. The third kappa shape index (κ3) is 2.47. The Kier molecular flexibility index (Phi) is 3.77. The van der Waals surface area contributed by atoms with Crippen LogP contribution in [-0.2, 0) is 20.8 Å². The molecule has 3 rings (SSSR count). The third-order valence-corrected chi connectivity index (χ3v) is 6.97. The van der Waals surface area contributed by atoms with Gasteiger partial charge in [0, 0.05) is 12.3 Å². The van der Waals surface area contributed by atoms with Crippen molar-refractivity contribution in [3.05, 3.63) is 53.6 Å². The number of rotatable bonds is 2. The first-order valence-corrected chi connectivity index (χ1v) is 9.40. The summed E-state index contributed by atoms with van der Waals surface area (Å²) in [5, 5.41) is 0.182. The molecule has 0 saturated carbocycles. The summed E-state index contributed by atoms with van der Waals surface area (Å²) in [6.07, 6.45) is 0. The van der Waals surface area contributed by atoms with Crippen LogP contribution in [0.15, 0.2) is 58.3 Å². The fourth-order valence-electron chi connectivity index (χ4n) is 2.27. The molecule has 0 aromatic heterocycles. The van der Waals surface area contributed by atoms with Crippen molar-refractivity contribution in [2.45, 2.75) is 9.79 Å². The maximum Gasteiger partial charge on any atom is 0.265 e. The molecule has 1 unspecified atom stereocenters. The molecule has 0 saturated heterocycles. The SMILES string of the molecule is O=S1CCN(S(=O)(=O)c2ccccc2Cl)c2ccccc21. The molecular formula is C14H12ClNO3S2. The molecule has 0 bridgehead atoms. The topological polar surface area (TPSA) is 54.5 Å². The van der Waals surface area contributed by atoms with Gasteiger partial charge >= 0.3 is 0 Å². The zero-order chi connectivity index (χ0) is 15.0. The van der Waals surface area contributed by atoms with E-state index in [9.17, 15) is 12.6 Å². The minimum Gasteiger partial charge on any atom is -0.264 e. The Bertz CT molecular complexity index is 820. The number of para-hydroxylation sites is 1. The van der Waals surface area contributed by atoms with E-state index in [4.69, 9.17) is 11.6 Å². The predicted octanol–water partition coefficient (Wildman–Crippen LogP) is 2.66. The number of hydrogen-bond donors (Lipinski definition) is 0. The molecule has 0 amide bonds. The summed E-state index contributed by atoms with van der Waals surface area (Å²) in [6, 6.07) is 13.2. The molecule has 1 aliphatic rings. The van der Waals surface area contributed by atoms with E-state index in [-0.39, 0.29) is 22.2 Å². The highest BCUT2D eigenvalue weighted by Crippen LogP contribution is 2.34. The highest BCUT2D eigenvalue weighted by molar-refractivity contribution is 7.93. The molecule has 0 radical (unpaired) electrons. The Morgan fingerprint density at radius 2 is 1.71 bits per heavy atom. The highest BCUT2D eigenvalue weighted by Gasteiger charge is 2.32. The summed E-state index contributed by atoms with van der Waals surface area (Å²) in [4.78, 5) is 0.605. The van der Waals surface area contributed by atoms with Crippen LogP contribution < -0.4 is 4.31 Å². The first kappa shape index (κ1) is 14.6. The van der Waals surface area contributed by atoms with Gasteiger partial charge in [-0.3, -0.25) is 8.51 Å². The smallest absolute Gasteiger partial charge is 0.264 e. The number of halogens is 1. The Morgan fingerprint density at radius 3 is 2.48 bits per heavy atom. The second-order valence-electron chi connectivity index (χ2n) is 4.52. The van der Waals surface area contributed by atoms with Crippen LogP contribution in [0.2, 0.25) is 5.02 Å². The van der Waals surface area contributed by atoms with Gasteiger partial charge in [0.05, 0.1) is 26.4 Å². The highest BCUT2D eigenvalue weighted by atomic mass is 35.5. The number of nitrogens with zero attached hydrogens (tertiary/aromatic N) is 1. The van der Waals surface area contributed by atoms with Crippen LogP contribution in [0.3, 0.4) is 0 Å². The Balaban J connectivity index is 2.16. The zero-order valence-corrected chi connectivity index (χ0v) is 13.3. The lowest BCUT2D eigenvalue weighted by atomic mass is 10.3. The van der Waals surface area contributed by atoms with Crippen LogP contribution in [-0.4, -0.2) is 24.9 Å². The van der Waals surface area contributed by atoms with Gasteiger partial charge in [-0.25, -0.2) is 8.42 Å². The fraction of sp³-hybridized carbons (Fsp3) is 0.143. The third-order valence-electron chi connectivity index (χ3n) is 3.26. The van der Waals surface area contributed by atoms with Crippen molar-refractivity contribution in [2.75, 3.05) is 16.6 Å². The molecule has 21 heavy (non-hydrogen) atoms. The van der Waals surface area contributed by atoms with E-state index in [0.29, 0.717) is 10.6 Å². The van der Waals surface area contributed by atoms with Gasteiger partial charge in [0.2, 0.25) is 0 Å². The summed E-state index contributed by atoms with van der Waals surface area (Å²) < 4.78 is 38.9. The molecule has 1 atom stereocenters. The summed E-state index contributed by atoms with van der Waals surface area (Å²) in [6.45, 7) is 0.178. The van der Waals surface area contributed by atoms with Gasteiger partial charge < -0.3 is 0 Å². The van der Waals surface area contributed by atoms with Gasteiger partial charge in [-0.05, 0) is 24.3 Å². The Labute approximate surface area is 130 Å². The molecule has 0 fully saturated rings. The number of anilines is 1. The van der Waals surface area contributed by atoms with Crippen LogP contribution in [0.4, 0.5) is 5.69 Å². The van der Waals surface area contributed by atoms with Crippen LogP contribution in [0.5, 0.6) is 0 Å². The van der Waals surface area contributed by atoms with Gasteiger partial charge in [0.1, 0.15) is 4.90 Å². The van der Waals surface area contributed by atoms with E-state index >= 15 is 0 Å².